The highest BCUT2D eigenvalue weighted by atomic mass is 35.5. The number of halogens is 2. The van der Waals surface area contributed by atoms with E-state index in [4.69, 9.17) is 31.3 Å². The maximum Gasteiger partial charge on any atom is 0.319 e. The maximum atomic E-state index is 17.1. The lowest BCUT2D eigenvalue weighted by Gasteiger charge is -2.41. The zero-order chi connectivity index (χ0) is 29.7. The van der Waals surface area contributed by atoms with Gasteiger partial charge in [-0.3, -0.25) is 4.90 Å². The van der Waals surface area contributed by atoms with Crippen LogP contribution in [0.25, 0.3) is 32.9 Å². The number of ether oxygens (including phenoxy) is 1. The second-order valence-electron chi connectivity index (χ2n) is 13.3. The van der Waals surface area contributed by atoms with Crippen molar-refractivity contribution in [2.24, 2.45) is 0 Å². The quantitative estimate of drug-likeness (QED) is 0.325. The standard InChI is InChI=1S/C33H35ClFN7O2/c1-40-16-24-23-8-7-19(36-23)15-42(24)31-26-29(38-32(39-31)44-17-33-9-3-11-41(33)12-4-10-33)27(35)28(37-30(26)40)21-14-20(43)13-18-5-2-6-22(34)25(18)21/h2,5-6,13-14,19,23-24,36,43H,3-4,7-12,15-17H2,1H3. The van der Waals surface area contributed by atoms with Crippen LogP contribution in [0, 0.1) is 5.82 Å². The molecule has 0 aliphatic carbocycles. The lowest BCUT2D eigenvalue weighted by atomic mass is 9.95. The van der Waals surface area contributed by atoms with Gasteiger partial charge < -0.3 is 25.0 Å². The summed E-state index contributed by atoms with van der Waals surface area (Å²) < 4.78 is 23.5. The van der Waals surface area contributed by atoms with Crippen molar-refractivity contribution in [2.45, 2.75) is 62.2 Å². The second-order valence-corrected chi connectivity index (χ2v) is 13.7. The van der Waals surface area contributed by atoms with Gasteiger partial charge in [-0.2, -0.15) is 9.97 Å². The van der Waals surface area contributed by atoms with E-state index in [1.807, 2.05) is 19.2 Å². The fourth-order valence-corrected chi connectivity index (χ4v) is 9.06. The summed E-state index contributed by atoms with van der Waals surface area (Å²) in [6.45, 7) is 4.17. The minimum Gasteiger partial charge on any atom is -0.508 e. The molecule has 9 nitrogen and oxygen atoms in total. The topological polar surface area (TPSA) is 89.9 Å². The number of pyridine rings is 1. The van der Waals surface area contributed by atoms with Crippen LogP contribution in [0.4, 0.5) is 16.0 Å². The molecule has 2 N–H and O–H groups in total. The number of nitrogens with zero attached hydrogens (tertiary/aromatic N) is 6. The van der Waals surface area contributed by atoms with Crippen LogP contribution < -0.4 is 19.9 Å². The molecular weight excluding hydrogens is 581 g/mol. The van der Waals surface area contributed by atoms with Gasteiger partial charge in [-0.05, 0) is 75.2 Å². The van der Waals surface area contributed by atoms with Gasteiger partial charge in [0.1, 0.15) is 35.2 Å². The summed E-state index contributed by atoms with van der Waals surface area (Å²) in [6.07, 6.45) is 6.73. The Morgan fingerprint density at radius 1 is 1.07 bits per heavy atom. The molecular formula is C33H35ClFN7O2. The zero-order valence-corrected chi connectivity index (χ0v) is 25.4. The molecule has 3 atom stereocenters. The molecule has 4 saturated heterocycles. The molecule has 2 bridgehead atoms. The first-order valence-corrected chi connectivity index (χ1v) is 16.2. The van der Waals surface area contributed by atoms with E-state index in [-0.39, 0.29) is 34.6 Å². The zero-order valence-electron chi connectivity index (χ0n) is 24.7. The van der Waals surface area contributed by atoms with E-state index in [1.165, 1.54) is 6.07 Å². The predicted molar refractivity (Wildman–Crippen MR) is 170 cm³/mol. The molecule has 44 heavy (non-hydrogen) atoms. The summed E-state index contributed by atoms with van der Waals surface area (Å²) >= 11 is 6.69. The first-order valence-electron chi connectivity index (χ1n) is 15.8. The highest BCUT2D eigenvalue weighted by Gasteiger charge is 2.46. The summed E-state index contributed by atoms with van der Waals surface area (Å²) in [6, 6.07) is 9.62. The van der Waals surface area contributed by atoms with Crippen LogP contribution in [0.3, 0.4) is 0 Å². The van der Waals surface area contributed by atoms with Crippen molar-refractivity contribution in [3.8, 4) is 23.0 Å². The SMILES string of the molecule is CN1CC2C3CCC(CN2c2nc(OCC45CCCN4CCC5)nc4c(F)c(-c5cc(O)cc6cccc(Cl)c56)nc1c24)N3. The van der Waals surface area contributed by atoms with Crippen LogP contribution in [0.5, 0.6) is 11.8 Å². The molecule has 3 unspecified atom stereocenters. The Morgan fingerprint density at radius 2 is 1.91 bits per heavy atom. The second kappa shape index (κ2) is 9.76. The lowest BCUT2D eigenvalue weighted by Crippen LogP contribution is -2.61. The summed E-state index contributed by atoms with van der Waals surface area (Å²) in [5, 5.41) is 16.9. The number of hydrogen-bond acceptors (Lipinski definition) is 9. The van der Waals surface area contributed by atoms with Gasteiger partial charge in [0.2, 0.25) is 0 Å². The third-order valence-corrected chi connectivity index (χ3v) is 11.1. The number of phenols is 1. The lowest BCUT2D eigenvalue weighted by molar-refractivity contribution is 0.108. The number of benzene rings is 2. The molecule has 0 spiro atoms. The number of anilines is 2. The Morgan fingerprint density at radius 3 is 2.75 bits per heavy atom. The van der Waals surface area contributed by atoms with Crippen molar-refractivity contribution in [3.05, 3.63) is 41.2 Å². The minimum atomic E-state index is -0.574. The molecule has 4 aromatic rings. The monoisotopic (exact) mass is 615 g/mol. The van der Waals surface area contributed by atoms with Gasteiger partial charge in [-0.1, -0.05) is 23.7 Å². The summed E-state index contributed by atoms with van der Waals surface area (Å²) in [4.78, 5) is 21.8. The number of rotatable bonds is 4. The van der Waals surface area contributed by atoms with Crippen molar-refractivity contribution < 1.29 is 14.2 Å². The summed E-state index contributed by atoms with van der Waals surface area (Å²) in [7, 11) is 2.00. The highest BCUT2D eigenvalue weighted by molar-refractivity contribution is 6.36. The van der Waals surface area contributed by atoms with Crippen molar-refractivity contribution in [2.75, 3.05) is 49.6 Å². The van der Waals surface area contributed by atoms with Gasteiger partial charge >= 0.3 is 6.01 Å². The van der Waals surface area contributed by atoms with E-state index < -0.39 is 5.82 Å². The van der Waals surface area contributed by atoms with E-state index >= 15 is 4.39 Å². The van der Waals surface area contributed by atoms with Crippen molar-refractivity contribution in [3.63, 3.8) is 0 Å². The number of hydrogen-bond donors (Lipinski definition) is 2. The van der Waals surface area contributed by atoms with E-state index in [0.29, 0.717) is 63.6 Å². The molecule has 0 radical (unpaired) electrons. The minimum absolute atomic E-state index is 0.00762. The third-order valence-electron chi connectivity index (χ3n) is 10.8. The normalized spacial score (nSPS) is 25.5. The van der Waals surface area contributed by atoms with E-state index in [9.17, 15) is 5.11 Å². The highest BCUT2D eigenvalue weighted by Crippen LogP contribution is 2.46. The molecule has 2 aromatic heterocycles. The molecule has 0 saturated carbocycles. The fraction of sp³-hybridized carbons (Fsp3) is 0.485. The Hall–Kier alpha value is -3.47. The van der Waals surface area contributed by atoms with Crippen molar-refractivity contribution in [1.29, 1.82) is 0 Å². The van der Waals surface area contributed by atoms with Gasteiger partial charge in [0.25, 0.3) is 0 Å². The molecule has 9 rings (SSSR count). The third kappa shape index (κ3) is 3.93. The molecule has 11 heteroatoms. The largest absolute Gasteiger partial charge is 0.508 e. The average Bonchev–Trinajstić information content (AvgIpc) is 3.69. The molecule has 2 aromatic carbocycles. The Balaban J connectivity index is 1.26. The van der Waals surface area contributed by atoms with Crippen molar-refractivity contribution in [1.82, 2.24) is 25.2 Å². The Kier molecular flexibility index (Phi) is 5.97. The van der Waals surface area contributed by atoms with Crippen LogP contribution in [0.15, 0.2) is 30.3 Å². The van der Waals surface area contributed by atoms with Gasteiger partial charge in [-0.15, -0.1) is 0 Å². The van der Waals surface area contributed by atoms with E-state index in [2.05, 4.69) is 20.0 Å². The smallest absolute Gasteiger partial charge is 0.319 e. The number of phenolic OH excluding ortho intramolecular Hbond substituents is 1. The number of nitrogens with one attached hydrogen (secondary N) is 1. The van der Waals surface area contributed by atoms with Crippen LogP contribution >= 0.6 is 11.6 Å². The summed E-state index contributed by atoms with van der Waals surface area (Å²) in [5.74, 6) is 0.745. The van der Waals surface area contributed by atoms with Crippen LogP contribution in [-0.2, 0) is 0 Å². The van der Waals surface area contributed by atoms with E-state index in [0.717, 1.165) is 58.2 Å². The summed E-state index contributed by atoms with van der Waals surface area (Å²) in [5.41, 5.74) is 0.707. The van der Waals surface area contributed by atoms with Gasteiger partial charge in [0.05, 0.1) is 17.0 Å². The number of likely N-dealkylation sites (N-methyl/N-ethyl adjacent to an activating group) is 1. The Labute approximate surface area is 260 Å². The number of aromatic nitrogens is 3. The average molecular weight is 616 g/mol. The molecule has 7 heterocycles. The first kappa shape index (κ1) is 26.9. The van der Waals surface area contributed by atoms with Crippen LogP contribution in [0.1, 0.15) is 38.5 Å². The predicted octanol–water partition coefficient (Wildman–Crippen LogP) is 5.11. The molecule has 4 fully saturated rings. The van der Waals surface area contributed by atoms with Gasteiger partial charge in [0, 0.05) is 48.2 Å². The van der Waals surface area contributed by atoms with Gasteiger partial charge in [0.15, 0.2) is 5.82 Å². The van der Waals surface area contributed by atoms with Gasteiger partial charge in [-0.25, -0.2) is 9.37 Å². The first-order chi connectivity index (χ1) is 21.4. The fourth-order valence-electron chi connectivity index (χ4n) is 8.78. The van der Waals surface area contributed by atoms with E-state index in [1.54, 1.807) is 12.1 Å². The molecule has 5 aliphatic heterocycles. The molecule has 0 amide bonds. The number of fused-ring (bicyclic) bond motifs is 7. The number of aromatic hydroxyl groups is 1. The Bertz CT molecular complexity index is 1830. The maximum absolute atomic E-state index is 17.1. The van der Waals surface area contributed by atoms with Crippen molar-refractivity contribution >= 4 is 44.9 Å². The molecule has 228 valence electrons. The van der Waals surface area contributed by atoms with Crippen LogP contribution in [-0.4, -0.2) is 88.5 Å². The molecule has 5 aliphatic rings. The van der Waals surface area contributed by atoms with Crippen LogP contribution in [0.2, 0.25) is 5.02 Å². The number of piperazine rings is 1.